The first-order valence-corrected chi connectivity index (χ1v) is 8.34. The average Bonchev–Trinajstić information content (AvgIpc) is 2.34. The first-order valence-electron chi connectivity index (χ1n) is 7.55. The van der Waals surface area contributed by atoms with Gasteiger partial charge in [-0.3, -0.25) is 0 Å². The van der Waals surface area contributed by atoms with E-state index in [0.717, 1.165) is 24.8 Å². The third-order valence-electron chi connectivity index (χ3n) is 4.28. The second kappa shape index (κ2) is 6.57. The smallest absolute Gasteiger partial charge is 0.137 e. The van der Waals surface area contributed by atoms with Gasteiger partial charge in [-0.15, -0.1) is 0 Å². The van der Waals surface area contributed by atoms with Gasteiger partial charge in [-0.1, -0.05) is 38.8 Å². The van der Waals surface area contributed by atoms with Crippen molar-refractivity contribution in [2.75, 3.05) is 0 Å². The van der Waals surface area contributed by atoms with E-state index in [1.807, 2.05) is 6.07 Å². The van der Waals surface area contributed by atoms with Crippen molar-refractivity contribution in [2.45, 2.75) is 58.0 Å². The lowest BCUT2D eigenvalue weighted by Gasteiger charge is -2.38. The molecular formula is C17H24BrFO. The number of rotatable bonds is 4. The molecule has 2 atom stereocenters. The Labute approximate surface area is 129 Å². The van der Waals surface area contributed by atoms with Gasteiger partial charge >= 0.3 is 0 Å². The SMILES string of the molecule is CC(C)CC1CCCC(O)(Cc2cccc(F)c2Br)C1. The molecule has 1 saturated carbocycles. The maximum absolute atomic E-state index is 13.6. The van der Waals surface area contributed by atoms with Crippen LogP contribution in [0.3, 0.4) is 0 Å². The molecule has 1 fully saturated rings. The molecule has 1 nitrogen and oxygen atoms in total. The highest BCUT2D eigenvalue weighted by molar-refractivity contribution is 9.10. The van der Waals surface area contributed by atoms with Crippen LogP contribution in [-0.4, -0.2) is 10.7 Å². The van der Waals surface area contributed by atoms with Crippen molar-refractivity contribution in [2.24, 2.45) is 11.8 Å². The number of benzene rings is 1. The number of aliphatic hydroxyl groups is 1. The lowest BCUT2D eigenvalue weighted by Crippen LogP contribution is -2.38. The maximum Gasteiger partial charge on any atom is 0.137 e. The molecule has 20 heavy (non-hydrogen) atoms. The topological polar surface area (TPSA) is 20.2 Å². The molecule has 1 aliphatic rings. The Morgan fingerprint density at radius 1 is 1.45 bits per heavy atom. The molecule has 1 N–H and O–H groups in total. The van der Waals surface area contributed by atoms with Crippen molar-refractivity contribution in [1.82, 2.24) is 0 Å². The fourth-order valence-corrected chi connectivity index (χ4v) is 3.93. The second-order valence-corrected chi connectivity index (χ2v) is 7.50. The van der Waals surface area contributed by atoms with E-state index in [1.54, 1.807) is 6.07 Å². The minimum atomic E-state index is -0.673. The summed E-state index contributed by atoms with van der Waals surface area (Å²) >= 11 is 3.30. The molecular weight excluding hydrogens is 319 g/mol. The van der Waals surface area contributed by atoms with Gasteiger partial charge in [0.05, 0.1) is 10.1 Å². The molecule has 2 unspecified atom stereocenters. The fraction of sp³-hybridized carbons (Fsp3) is 0.647. The zero-order valence-corrected chi connectivity index (χ0v) is 13.9. The lowest BCUT2D eigenvalue weighted by molar-refractivity contribution is -0.0190. The second-order valence-electron chi connectivity index (χ2n) is 6.71. The number of halogens is 2. The molecule has 1 aromatic rings. The van der Waals surface area contributed by atoms with E-state index in [-0.39, 0.29) is 5.82 Å². The molecule has 0 amide bonds. The largest absolute Gasteiger partial charge is 0.390 e. The summed E-state index contributed by atoms with van der Waals surface area (Å²) in [5.41, 5.74) is 0.200. The quantitative estimate of drug-likeness (QED) is 0.807. The maximum atomic E-state index is 13.6. The first kappa shape index (κ1) is 16.0. The average molecular weight is 343 g/mol. The van der Waals surface area contributed by atoms with E-state index in [2.05, 4.69) is 29.8 Å². The monoisotopic (exact) mass is 342 g/mol. The highest BCUT2D eigenvalue weighted by Crippen LogP contribution is 2.38. The molecule has 0 aromatic heterocycles. The van der Waals surface area contributed by atoms with Gasteiger partial charge in [-0.25, -0.2) is 4.39 Å². The van der Waals surface area contributed by atoms with Gasteiger partial charge in [-0.05, 0) is 58.7 Å². The summed E-state index contributed by atoms with van der Waals surface area (Å²) < 4.78 is 14.1. The summed E-state index contributed by atoms with van der Waals surface area (Å²) in [6.07, 6.45) is 5.66. The van der Waals surface area contributed by atoms with Crippen LogP contribution in [-0.2, 0) is 6.42 Å². The predicted molar refractivity (Wildman–Crippen MR) is 84.2 cm³/mol. The molecule has 1 aliphatic carbocycles. The van der Waals surface area contributed by atoms with Crippen molar-refractivity contribution in [3.63, 3.8) is 0 Å². The third-order valence-corrected chi connectivity index (χ3v) is 5.17. The minimum absolute atomic E-state index is 0.249. The van der Waals surface area contributed by atoms with Gasteiger partial charge < -0.3 is 5.11 Å². The third kappa shape index (κ3) is 4.05. The molecule has 0 radical (unpaired) electrons. The predicted octanol–water partition coefficient (Wildman–Crippen LogP) is 5.10. The number of hydrogen-bond acceptors (Lipinski definition) is 1. The molecule has 2 rings (SSSR count). The summed E-state index contributed by atoms with van der Waals surface area (Å²) in [4.78, 5) is 0. The van der Waals surface area contributed by atoms with E-state index in [1.165, 1.54) is 18.9 Å². The van der Waals surface area contributed by atoms with Crippen molar-refractivity contribution < 1.29 is 9.50 Å². The summed E-state index contributed by atoms with van der Waals surface area (Å²) in [5.74, 6) is 1.02. The van der Waals surface area contributed by atoms with E-state index in [4.69, 9.17) is 0 Å². The van der Waals surface area contributed by atoms with Crippen LogP contribution >= 0.6 is 15.9 Å². The summed E-state index contributed by atoms with van der Waals surface area (Å²) in [6, 6.07) is 5.06. The van der Waals surface area contributed by atoms with Crippen molar-refractivity contribution in [1.29, 1.82) is 0 Å². The molecule has 3 heteroatoms. The van der Waals surface area contributed by atoms with Gasteiger partial charge in [0.1, 0.15) is 5.82 Å². The van der Waals surface area contributed by atoms with Crippen LogP contribution in [0.5, 0.6) is 0 Å². The van der Waals surface area contributed by atoms with Crippen LogP contribution < -0.4 is 0 Å². The highest BCUT2D eigenvalue weighted by atomic mass is 79.9. The van der Waals surface area contributed by atoms with Crippen LogP contribution in [0.15, 0.2) is 22.7 Å². The molecule has 1 aromatic carbocycles. The van der Waals surface area contributed by atoms with Gasteiger partial charge in [-0.2, -0.15) is 0 Å². The van der Waals surface area contributed by atoms with Gasteiger partial charge in [0.25, 0.3) is 0 Å². The molecule has 112 valence electrons. The zero-order chi connectivity index (χ0) is 14.8. The Kier molecular flexibility index (Phi) is 5.25. The molecule has 0 saturated heterocycles. The standard InChI is InChI=1S/C17H24BrFO/c1-12(2)9-13-5-4-8-17(20,10-13)11-14-6-3-7-15(19)16(14)18/h3,6-7,12-13,20H,4-5,8-11H2,1-2H3. The Balaban J connectivity index is 2.08. The van der Waals surface area contributed by atoms with Crippen molar-refractivity contribution >= 4 is 15.9 Å². The van der Waals surface area contributed by atoms with E-state index in [9.17, 15) is 9.50 Å². The van der Waals surface area contributed by atoms with E-state index < -0.39 is 5.60 Å². The molecule has 0 bridgehead atoms. The summed E-state index contributed by atoms with van der Waals surface area (Å²) in [7, 11) is 0. The van der Waals surface area contributed by atoms with Crippen LogP contribution in [0.4, 0.5) is 4.39 Å². The van der Waals surface area contributed by atoms with Crippen LogP contribution in [0.1, 0.15) is 51.5 Å². The summed E-state index contributed by atoms with van der Waals surface area (Å²) in [6.45, 7) is 4.47. The van der Waals surface area contributed by atoms with Crippen molar-refractivity contribution in [3.05, 3.63) is 34.1 Å². The molecule has 0 heterocycles. The van der Waals surface area contributed by atoms with Gasteiger partial charge in [0, 0.05) is 6.42 Å². The Hall–Kier alpha value is -0.410. The van der Waals surface area contributed by atoms with Crippen LogP contribution in [0.25, 0.3) is 0 Å². The normalized spacial score (nSPS) is 27.0. The highest BCUT2D eigenvalue weighted by Gasteiger charge is 2.35. The number of hydrogen-bond donors (Lipinski definition) is 1. The van der Waals surface area contributed by atoms with Gasteiger partial charge in [0.15, 0.2) is 0 Å². The van der Waals surface area contributed by atoms with E-state index >= 15 is 0 Å². The Morgan fingerprint density at radius 2 is 2.20 bits per heavy atom. The van der Waals surface area contributed by atoms with Gasteiger partial charge in [0.2, 0.25) is 0 Å². The Morgan fingerprint density at radius 3 is 2.90 bits per heavy atom. The molecule has 0 spiro atoms. The lowest BCUT2D eigenvalue weighted by atomic mass is 9.73. The first-order chi connectivity index (χ1) is 9.39. The van der Waals surface area contributed by atoms with E-state index in [0.29, 0.717) is 22.7 Å². The van der Waals surface area contributed by atoms with Crippen molar-refractivity contribution in [3.8, 4) is 0 Å². The summed E-state index contributed by atoms with van der Waals surface area (Å²) in [5, 5.41) is 10.9. The molecule has 0 aliphatic heterocycles. The zero-order valence-electron chi connectivity index (χ0n) is 12.3. The fourth-order valence-electron chi connectivity index (χ4n) is 3.53. The van der Waals surface area contributed by atoms with Crippen LogP contribution in [0.2, 0.25) is 0 Å². The van der Waals surface area contributed by atoms with Crippen LogP contribution in [0, 0.1) is 17.7 Å². The minimum Gasteiger partial charge on any atom is -0.390 e. The Bertz CT molecular complexity index is 460.